The van der Waals surface area contributed by atoms with Gasteiger partial charge in [0.05, 0.1) is 30.0 Å². The van der Waals surface area contributed by atoms with Crippen LogP contribution in [0.25, 0.3) is 10.9 Å². The fraction of sp³-hybridized carbons (Fsp3) is 0.379. The Morgan fingerprint density at radius 1 is 1.20 bits per heavy atom. The molecule has 0 saturated carbocycles. The first-order chi connectivity index (χ1) is 19.6. The van der Waals surface area contributed by atoms with Crippen molar-refractivity contribution in [2.75, 3.05) is 36.0 Å². The number of aromatic nitrogens is 1. The van der Waals surface area contributed by atoms with Gasteiger partial charge in [-0.2, -0.15) is 0 Å². The molecule has 41 heavy (non-hydrogen) atoms. The molecule has 1 saturated heterocycles. The number of carboxylic acid groups (broad SMARTS) is 1. The highest BCUT2D eigenvalue weighted by Gasteiger charge is 2.34. The third-order valence-electron chi connectivity index (χ3n) is 7.88. The number of cyclic esters (lactones) is 1. The number of nitrogens with one attached hydrogen (secondary N) is 1. The molecule has 11 nitrogen and oxygen atoms in total. The molecule has 1 fully saturated rings. The minimum atomic E-state index is -1.36. The van der Waals surface area contributed by atoms with Crippen molar-refractivity contribution in [3.8, 4) is 5.75 Å². The summed E-state index contributed by atoms with van der Waals surface area (Å²) in [6.07, 6.45) is 1.79. The van der Waals surface area contributed by atoms with Crippen LogP contribution in [0.2, 0.25) is 0 Å². The van der Waals surface area contributed by atoms with E-state index in [1.807, 2.05) is 30.0 Å². The molecule has 3 aliphatic rings. The molecule has 1 unspecified atom stereocenters. The van der Waals surface area contributed by atoms with Crippen LogP contribution >= 0.6 is 0 Å². The fourth-order valence-electron chi connectivity index (χ4n) is 5.86. The number of ether oxygens (including phenoxy) is 2. The highest BCUT2D eigenvalue weighted by atomic mass is 19.1. The summed E-state index contributed by atoms with van der Waals surface area (Å²) >= 11 is 0. The molecule has 0 bridgehead atoms. The number of carbonyl (C=O) groups is 3. The monoisotopic (exact) mass is 564 g/mol. The maximum absolute atomic E-state index is 15.8. The number of aromatic carboxylic acids is 1. The summed E-state index contributed by atoms with van der Waals surface area (Å²) < 4.78 is 28.9. The number of amides is 2. The average Bonchev–Trinajstić information content (AvgIpc) is 3.17. The third kappa shape index (κ3) is 4.62. The average molecular weight is 565 g/mol. The summed E-state index contributed by atoms with van der Waals surface area (Å²) in [6, 6.07) is 6.56. The number of halogens is 1. The van der Waals surface area contributed by atoms with Crippen LogP contribution in [-0.4, -0.2) is 60.0 Å². The van der Waals surface area contributed by atoms with E-state index in [1.165, 1.54) is 13.1 Å². The third-order valence-corrected chi connectivity index (χ3v) is 7.88. The fourth-order valence-corrected chi connectivity index (χ4v) is 5.86. The van der Waals surface area contributed by atoms with E-state index in [0.29, 0.717) is 43.7 Å². The Morgan fingerprint density at radius 2 is 2.00 bits per heavy atom. The van der Waals surface area contributed by atoms with E-state index in [-0.39, 0.29) is 41.9 Å². The van der Waals surface area contributed by atoms with E-state index < -0.39 is 35.0 Å². The van der Waals surface area contributed by atoms with Gasteiger partial charge in [-0.05, 0) is 49.1 Å². The molecule has 0 spiro atoms. The second-order valence-corrected chi connectivity index (χ2v) is 10.7. The molecule has 2 N–H and O–H groups in total. The number of rotatable bonds is 5. The molecule has 0 radical (unpaired) electrons. The number of fused-ring (bicyclic) bond motifs is 1. The van der Waals surface area contributed by atoms with Gasteiger partial charge in [-0.15, -0.1) is 0 Å². The Labute approximate surface area is 234 Å². The van der Waals surface area contributed by atoms with E-state index in [0.717, 1.165) is 17.2 Å². The first kappa shape index (κ1) is 26.6. The zero-order valence-corrected chi connectivity index (χ0v) is 22.6. The topological polar surface area (TPSA) is 130 Å². The number of hydrogen-bond donors (Lipinski definition) is 2. The van der Waals surface area contributed by atoms with Crippen molar-refractivity contribution in [3.05, 3.63) is 63.2 Å². The number of anilines is 2. The Balaban J connectivity index is 1.34. The van der Waals surface area contributed by atoms with Gasteiger partial charge < -0.3 is 29.4 Å². The Bertz CT molecular complexity index is 1670. The maximum atomic E-state index is 15.8. The molecule has 12 heteroatoms. The van der Waals surface area contributed by atoms with Crippen LogP contribution < -0.4 is 25.3 Å². The summed E-state index contributed by atoms with van der Waals surface area (Å²) in [6.45, 7) is 4.89. The smallest absolute Gasteiger partial charge is 0.414 e. The molecule has 3 aliphatic heterocycles. The van der Waals surface area contributed by atoms with Crippen molar-refractivity contribution >= 4 is 40.2 Å². The number of carboxylic acids is 1. The molecular weight excluding hydrogens is 535 g/mol. The summed E-state index contributed by atoms with van der Waals surface area (Å²) in [5.74, 6) is -1.98. The predicted molar refractivity (Wildman–Crippen MR) is 147 cm³/mol. The van der Waals surface area contributed by atoms with Gasteiger partial charge in [-0.3, -0.25) is 14.5 Å². The number of pyridine rings is 1. The second kappa shape index (κ2) is 10.1. The SMILES string of the molecule is CC(=O)NC[C@H]1CN(c2ccc3c(c2)CCCN(c2c(F)cc4c(=O)c(C(=O)O)cn5c4c2OCC5C)C3)C(=O)O1. The van der Waals surface area contributed by atoms with E-state index in [2.05, 4.69) is 5.32 Å². The van der Waals surface area contributed by atoms with Crippen LogP contribution in [0.1, 0.15) is 47.8 Å². The summed E-state index contributed by atoms with van der Waals surface area (Å²) in [4.78, 5) is 51.8. The first-order valence-corrected chi connectivity index (χ1v) is 13.5. The lowest BCUT2D eigenvalue weighted by atomic mass is 10.0. The Morgan fingerprint density at radius 3 is 2.76 bits per heavy atom. The maximum Gasteiger partial charge on any atom is 0.414 e. The highest BCUT2D eigenvalue weighted by molar-refractivity contribution is 5.97. The van der Waals surface area contributed by atoms with Crippen LogP contribution in [0, 0.1) is 5.82 Å². The lowest BCUT2D eigenvalue weighted by molar-refractivity contribution is -0.119. The van der Waals surface area contributed by atoms with Crippen molar-refractivity contribution in [3.63, 3.8) is 0 Å². The van der Waals surface area contributed by atoms with Crippen LogP contribution in [0.5, 0.6) is 5.75 Å². The highest BCUT2D eigenvalue weighted by Crippen LogP contribution is 2.43. The lowest BCUT2D eigenvalue weighted by Crippen LogP contribution is -2.33. The number of nitrogens with zero attached hydrogens (tertiary/aromatic N) is 3. The van der Waals surface area contributed by atoms with E-state index in [1.54, 1.807) is 9.47 Å². The molecular formula is C29H29FN4O7. The van der Waals surface area contributed by atoms with Gasteiger partial charge in [0.15, 0.2) is 11.6 Å². The summed E-state index contributed by atoms with van der Waals surface area (Å²) in [7, 11) is 0. The van der Waals surface area contributed by atoms with E-state index >= 15 is 4.39 Å². The first-order valence-electron chi connectivity index (χ1n) is 13.5. The van der Waals surface area contributed by atoms with Crippen LogP contribution in [-0.2, 0) is 22.5 Å². The van der Waals surface area contributed by atoms with Gasteiger partial charge in [0.1, 0.15) is 24.0 Å². The Kier molecular flexibility index (Phi) is 6.55. The molecule has 2 aromatic carbocycles. The summed E-state index contributed by atoms with van der Waals surface area (Å²) in [5.41, 5.74) is 2.14. The molecule has 0 aliphatic carbocycles. The van der Waals surface area contributed by atoms with Gasteiger partial charge in [-0.25, -0.2) is 14.0 Å². The molecule has 2 amide bonds. The number of hydrogen-bond acceptors (Lipinski definition) is 7. The number of carbonyl (C=O) groups excluding carboxylic acids is 2. The minimum absolute atomic E-state index is 0.0260. The molecule has 1 aromatic heterocycles. The standard InChI is InChI=1S/C29H29FN4O7/c1-15-14-40-27-24-21(26(36)22(28(37)38)13-33(15)24)9-23(30)25(27)32-7-3-4-17-8-19(6-5-18(17)11-32)34-12-20(41-29(34)39)10-31-16(2)35/h5-6,8-9,13,15,20H,3-4,7,10-12,14H2,1-2H3,(H,31,35)(H,37,38)/t15?,20-/m0/s1. The Hall–Kier alpha value is -4.61. The molecule has 6 rings (SSSR count). The zero-order valence-electron chi connectivity index (χ0n) is 22.6. The van der Waals surface area contributed by atoms with Gasteiger partial charge in [0.2, 0.25) is 11.3 Å². The largest absolute Gasteiger partial charge is 0.487 e. The second-order valence-electron chi connectivity index (χ2n) is 10.7. The number of aryl methyl sites for hydroxylation is 1. The van der Waals surface area contributed by atoms with Crippen LogP contribution in [0.15, 0.2) is 35.3 Å². The van der Waals surface area contributed by atoms with Gasteiger partial charge in [-0.1, -0.05) is 6.07 Å². The predicted octanol–water partition coefficient (Wildman–Crippen LogP) is 3.21. The van der Waals surface area contributed by atoms with Crippen molar-refractivity contribution < 1.29 is 33.4 Å². The van der Waals surface area contributed by atoms with Gasteiger partial charge in [0.25, 0.3) is 0 Å². The normalized spacial score (nSPS) is 19.8. The molecule has 2 atom stereocenters. The van der Waals surface area contributed by atoms with Crippen molar-refractivity contribution in [1.29, 1.82) is 0 Å². The molecule has 214 valence electrons. The number of benzene rings is 2. The summed E-state index contributed by atoms with van der Waals surface area (Å²) in [5, 5.41) is 12.2. The van der Waals surface area contributed by atoms with Gasteiger partial charge >= 0.3 is 12.1 Å². The molecule has 4 heterocycles. The molecule has 3 aromatic rings. The van der Waals surface area contributed by atoms with Crippen molar-refractivity contribution in [1.82, 2.24) is 9.88 Å². The zero-order chi connectivity index (χ0) is 29.0. The van der Waals surface area contributed by atoms with Crippen molar-refractivity contribution in [2.45, 2.75) is 45.4 Å². The van der Waals surface area contributed by atoms with Crippen molar-refractivity contribution in [2.24, 2.45) is 0 Å². The van der Waals surface area contributed by atoms with Gasteiger partial charge in [0, 0.05) is 31.9 Å². The van der Waals surface area contributed by atoms with Crippen LogP contribution in [0.3, 0.4) is 0 Å². The van der Waals surface area contributed by atoms with Crippen LogP contribution in [0.4, 0.5) is 20.6 Å². The lowest BCUT2D eigenvalue weighted by Gasteiger charge is -2.32. The quantitative estimate of drug-likeness (QED) is 0.483. The minimum Gasteiger partial charge on any atom is -0.487 e. The van der Waals surface area contributed by atoms with E-state index in [4.69, 9.17) is 9.47 Å². The van der Waals surface area contributed by atoms with E-state index in [9.17, 15) is 24.3 Å².